The molecular formula is C12H17Cl6N2OSb. The Morgan fingerprint density at radius 1 is 0.955 bits per heavy atom. The Hall–Kier alpha value is 0.918. The van der Waals surface area contributed by atoms with Gasteiger partial charge in [-0.05, 0) is 12.1 Å². The topological polar surface area (TPSA) is 23.3 Å². The summed E-state index contributed by atoms with van der Waals surface area (Å²) in [6, 6.07) is 9.64. The first-order valence-corrected chi connectivity index (χ1v) is 25.3. The molecule has 0 spiro atoms. The van der Waals surface area contributed by atoms with Crippen LogP contribution in [0.5, 0.6) is 0 Å². The van der Waals surface area contributed by atoms with E-state index in [4.69, 9.17) is 53.0 Å². The molecule has 0 bridgehead atoms. The molecule has 3 nitrogen and oxygen atoms in total. The van der Waals surface area contributed by atoms with Crippen LogP contribution in [-0.2, 0) is 4.79 Å². The Kier molecular flexibility index (Phi) is 7.74. The third kappa shape index (κ3) is 13.4. The zero-order chi connectivity index (χ0) is 17.8. The molecule has 0 aromatic heterocycles. The molecule has 0 aliphatic carbocycles. The zero-order valence-corrected chi connectivity index (χ0v) is 19.5. The van der Waals surface area contributed by atoms with Gasteiger partial charge in [-0.1, -0.05) is 18.2 Å². The molecule has 1 rings (SSSR count). The van der Waals surface area contributed by atoms with Crippen molar-refractivity contribution in [2.45, 2.75) is 13.8 Å². The van der Waals surface area contributed by atoms with E-state index in [0.717, 1.165) is 11.5 Å². The number of benzene rings is 1. The van der Waals surface area contributed by atoms with Crippen LogP contribution in [0.4, 0.5) is 5.69 Å². The predicted molar refractivity (Wildman–Crippen MR) is 103 cm³/mol. The maximum absolute atomic E-state index is 11.6. The molecule has 0 aliphatic rings. The van der Waals surface area contributed by atoms with Crippen molar-refractivity contribution in [1.29, 1.82) is 0 Å². The van der Waals surface area contributed by atoms with E-state index in [-0.39, 0.29) is 5.91 Å². The van der Waals surface area contributed by atoms with E-state index in [1.165, 1.54) is 0 Å². The van der Waals surface area contributed by atoms with Crippen molar-refractivity contribution in [3.63, 3.8) is 0 Å². The van der Waals surface area contributed by atoms with Crippen LogP contribution in [0.15, 0.2) is 30.3 Å². The minimum atomic E-state index is -5.42. The normalized spacial score (nSPS) is 13.9. The van der Waals surface area contributed by atoms with Gasteiger partial charge in [0.1, 0.15) is 5.69 Å². The monoisotopic (exact) mass is 536 g/mol. The van der Waals surface area contributed by atoms with Gasteiger partial charge >= 0.3 is 68.0 Å². The molecule has 1 aromatic carbocycles. The number of hydrogen-bond donors (Lipinski definition) is 0. The Morgan fingerprint density at radius 2 is 1.32 bits per heavy atom. The third-order valence-electron chi connectivity index (χ3n) is 2.30. The van der Waals surface area contributed by atoms with E-state index in [1.54, 1.807) is 11.8 Å². The predicted octanol–water partition coefficient (Wildman–Crippen LogP) is 5.49. The summed E-state index contributed by atoms with van der Waals surface area (Å²) in [4.78, 5) is 13.3. The fraction of sp³-hybridized carbons (Fsp3) is 0.333. The number of halogens is 6. The molecule has 1 amide bonds. The standard InChI is InChI=1S/C12H17N2O.6ClH.Sb/c1-10(13(3)4)14(11(2)15)12-8-6-5-7-9-12;;;;;;;/h5-9H,1-4H3;6*1H;/q+1;;;;;;;+5/p-6. The summed E-state index contributed by atoms with van der Waals surface area (Å²) in [5.41, 5.74) is 0.899. The van der Waals surface area contributed by atoms with Crippen molar-refractivity contribution < 1.29 is 9.37 Å². The molecule has 0 N–H and O–H groups in total. The van der Waals surface area contributed by atoms with Crippen LogP contribution in [0.1, 0.15) is 13.8 Å². The van der Waals surface area contributed by atoms with Crippen LogP contribution in [0, 0.1) is 0 Å². The van der Waals surface area contributed by atoms with Crippen LogP contribution in [0.3, 0.4) is 0 Å². The van der Waals surface area contributed by atoms with Gasteiger partial charge in [0.05, 0.1) is 14.1 Å². The molecule has 0 unspecified atom stereocenters. The van der Waals surface area contributed by atoms with Gasteiger partial charge in [-0.15, -0.1) is 0 Å². The van der Waals surface area contributed by atoms with Crippen molar-refractivity contribution >= 4 is 79.5 Å². The number of amides is 1. The number of amidine groups is 1. The van der Waals surface area contributed by atoms with Crippen LogP contribution >= 0.6 is 53.0 Å². The number of anilines is 1. The number of nitrogens with zero attached hydrogens (tertiary/aromatic N) is 2. The van der Waals surface area contributed by atoms with E-state index in [9.17, 15) is 4.79 Å². The fourth-order valence-electron chi connectivity index (χ4n) is 1.37. The summed E-state index contributed by atoms with van der Waals surface area (Å²) in [6.45, 7) is 3.49. The second-order valence-corrected chi connectivity index (χ2v) is 61.5. The Bertz CT molecular complexity index is 552. The van der Waals surface area contributed by atoms with E-state index < -0.39 is 9.14 Å². The van der Waals surface area contributed by atoms with Gasteiger partial charge in [0.2, 0.25) is 0 Å². The van der Waals surface area contributed by atoms with Crippen LogP contribution in [-0.4, -0.2) is 39.6 Å². The van der Waals surface area contributed by atoms with Gasteiger partial charge in [0.25, 0.3) is 5.84 Å². The second kappa shape index (κ2) is 7.43. The first-order valence-electron chi connectivity index (χ1n) is 5.92. The Labute approximate surface area is 150 Å². The van der Waals surface area contributed by atoms with Crippen LogP contribution < -0.4 is 4.90 Å². The summed E-state index contributed by atoms with van der Waals surface area (Å²) in [5, 5.41) is 0. The number of carbonyl (C=O) groups is 1. The molecule has 128 valence electrons. The molecule has 0 aliphatic heterocycles. The first kappa shape index (κ1) is 22.9. The fourth-order valence-corrected chi connectivity index (χ4v) is 1.37. The summed E-state index contributed by atoms with van der Waals surface area (Å²) in [7, 11) is 28.8. The molecular weight excluding hydrogens is 523 g/mol. The molecule has 22 heavy (non-hydrogen) atoms. The van der Waals surface area contributed by atoms with E-state index in [1.807, 2.05) is 55.9 Å². The number of para-hydroxylation sites is 1. The SMILES string of the molecule is CC(=O)N(C(C)=[N+](C)C)c1ccccc1.[Cl][Sb-]([Cl])([Cl])([Cl])([Cl])[Cl]. The summed E-state index contributed by atoms with van der Waals surface area (Å²) < 4.78 is 1.92. The second-order valence-electron chi connectivity index (χ2n) is 4.59. The summed E-state index contributed by atoms with van der Waals surface area (Å²) >= 11 is 0. The van der Waals surface area contributed by atoms with Gasteiger partial charge < -0.3 is 0 Å². The van der Waals surface area contributed by atoms with Gasteiger partial charge in [-0.25, -0.2) is 4.79 Å². The number of carbonyl (C=O) groups excluding carboxylic acids is 1. The molecule has 0 saturated carbocycles. The Morgan fingerprint density at radius 3 is 1.59 bits per heavy atom. The molecule has 10 heteroatoms. The van der Waals surface area contributed by atoms with Crippen molar-refractivity contribution in [2.24, 2.45) is 0 Å². The average Bonchev–Trinajstić information content (AvgIpc) is 2.25. The number of rotatable bonds is 1. The van der Waals surface area contributed by atoms with Crippen molar-refractivity contribution in [1.82, 2.24) is 0 Å². The van der Waals surface area contributed by atoms with Gasteiger partial charge in [-0.3, -0.25) is 4.58 Å². The molecule has 0 radical (unpaired) electrons. The van der Waals surface area contributed by atoms with Crippen LogP contribution in [0.2, 0.25) is 0 Å². The minimum absolute atomic E-state index is 0.0207. The van der Waals surface area contributed by atoms with E-state index in [2.05, 4.69) is 0 Å². The molecule has 0 saturated heterocycles. The van der Waals surface area contributed by atoms with Crippen LogP contribution in [0.25, 0.3) is 0 Å². The van der Waals surface area contributed by atoms with Gasteiger partial charge in [0, 0.05) is 13.8 Å². The van der Waals surface area contributed by atoms with E-state index >= 15 is 0 Å². The summed E-state index contributed by atoms with van der Waals surface area (Å²) in [5.74, 6) is 0.932. The maximum atomic E-state index is 11.6. The van der Waals surface area contributed by atoms with Crippen molar-refractivity contribution in [3.8, 4) is 0 Å². The Balaban J connectivity index is 0.000000534. The van der Waals surface area contributed by atoms with Crippen molar-refractivity contribution in [2.75, 3.05) is 19.0 Å². The first-order chi connectivity index (χ1) is 9.49. The van der Waals surface area contributed by atoms with Crippen molar-refractivity contribution in [3.05, 3.63) is 30.3 Å². The van der Waals surface area contributed by atoms with Gasteiger partial charge in [0.15, 0.2) is 0 Å². The average molecular weight is 540 g/mol. The molecule has 0 atom stereocenters. The summed E-state index contributed by atoms with van der Waals surface area (Å²) in [6.07, 6.45) is 0. The molecule has 0 fully saturated rings. The van der Waals surface area contributed by atoms with Gasteiger partial charge in [-0.2, -0.15) is 4.90 Å². The third-order valence-corrected chi connectivity index (χ3v) is 2.30. The number of hydrogen-bond acceptors (Lipinski definition) is 1. The zero-order valence-electron chi connectivity index (χ0n) is 12.4. The molecule has 1 aromatic rings. The quantitative estimate of drug-likeness (QED) is 0.201. The van der Waals surface area contributed by atoms with E-state index in [0.29, 0.717) is 0 Å². The molecule has 0 heterocycles.